The van der Waals surface area contributed by atoms with Crippen molar-refractivity contribution in [3.63, 3.8) is 0 Å². The summed E-state index contributed by atoms with van der Waals surface area (Å²) in [5, 5.41) is 3.19. The Morgan fingerprint density at radius 3 is 2.42 bits per heavy atom. The maximum atomic E-state index is 12.7. The summed E-state index contributed by atoms with van der Waals surface area (Å²) in [4.78, 5) is 15.1. The van der Waals surface area contributed by atoms with Gasteiger partial charge in [0.05, 0.1) is 11.7 Å². The molecule has 0 unspecified atom stereocenters. The van der Waals surface area contributed by atoms with Crippen molar-refractivity contribution in [2.45, 2.75) is 45.4 Å². The van der Waals surface area contributed by atoms with E-state index in [2.05, 4.69) is 34.5 Å². The number of carbonyl (C=O) groups is 1. The summed E-state index contributed by atoms with van der Waals surface area (Å²) in [6.07, 6.45) is 2.00. The zero-order valence-corrected chi connectivity index (χ0v) is 15.7. The van der Waals surface area contributed by atoms with Gasteiger partial charge in [0.15, 0.2) is 0 Å². The highest BCUT2D eigenvalue weighted by molar-refractivity contribution is 5.97. The van der Waals surface area contributed by atoms with Gasteiger partial charge in [-0.25, -0.2) is 0 Å². The zero-order valence-electron chi connectivity index (χ0n) is 15.7. The summed E-state index contributed by atoms with van der Waals surface area (Å²) in [5.41, 5.74) is 1.96. The molecular formula is C22H28N2O2. The number of hydrogen-bond donors (Lipinski definition) is 1. The number of nitrogens with zero attached hydrogens (tertiary/aromatic N) is 1. The molecule has 1 saturated heterocycles. The summed E-state index contributed by atoms with van der Waals surface area (Å²) in [6.45, 7) is 6.93. The van der Waals surface area contributed by atoms with Gasteiger partial charge in [0.2, 0.25) is 0 Å². The zero-order chi connectivity index (χ0) is 18.4. The fourth-order valence-corrected chi connectivity index (χ4v) is 3.35. The quantitative estimate of drug-likeness (QED) is 0.858. The molecule has 3 rings (SSSR count). The van der Waals surface area contributed by atoms with Crippen molar-refractivity contribution in [1.82, 2.24) is 10.2 Å². The average Bonchev–Trinajstić information content (AvgIpc) is 2.64. The third kappa shape index (κ3) is 5.09. The van der Waals surface area contributed by atoms with Crippen LogP contribution in [0.3, 0.4) is 0 Å². The van der Waals surface area contributed by atoms with Gasteiger partial charge in [0, 0.05) is 25.7 Å². The number of para-hydroxylation sites is 1. The minimum absolute atomic E-state index is 0.0391. The smallest absolute Gasteiger partial charge is 0.255 e. The van der Waals surface area contributed by atoms with E-state index in [0.29, 0.717) is 11.3 Å². The van der Waals surface area contributed by atoms with Gasteiger partial charge in [0.1, 0.15) is 5.75 Å². The highest BCUT2D eigenvalue weighted by Crippen LogP contribution is 2.20. The van der Waals surface area contributed by atoms with Crippen molar-refractivity contribution in [2.24, 2.45) is 0 Å². The number of piperidine rings is 1. The van der Waals surface area contributed by atoms with E-state index in [-0.39, 0.29) is 18.1 Å². The maximum Gasteiger partial charge on any atom is 0.255 e. The second-order valence-corrected chi connectivity index (χ2v) is 7.17. The van der Waals surface area contributed by atoms with E-state index in [1.807, 2.05) is 44.2 Å². The molecule has 1 heterocycles. The molecular weight excluding hydrogens is 324 g/mol. The molecule has 4 heteroatoms. The average molecular weight is 352 g/mol. The van der Waals surface area contributed by atoms with Gasteiger partial charge >= 0.3 is 0 Å². The minimum Gasteiger partial charge on any atom is -0.490 e. The number of amides is 1. The van der Waals surface area contributed by atoms with Crippen LogP contribution in [0.4, 0.5) is 0 Å². The first-order valence-electron chi connectivity index (χ1n) is 9.44. The lowest BCUT2D eigenvalue weighted by Gasteiger charge is -2.32. The minimum atomic E-state index is -0.0391. The van der Waals surface area contributed by atoms with Gasteiger partial charge in [-0.15, -0.1) is 0 Å². The van der Waals surface area contributed by atoms with Crippen LogP contribution in [0.5, 0.6) is 5.75 Å². The van der Waals surface area contributed by atoms with Crippen molar-refractivity contribution in [3.05, 3.63) is 65.7 Å². The summed E-state index contributed by atoms with van der Waals surface area (Å²) in [5.74, 6) is 0.615. The molecule has 1 N–H and O–H groups in total. The van der Waals surface area contributed by atoms with Gasteiger partial charge in [-0.2, -0.15) is 0 Å². The Bertz CT molecular complexity index is 707. The molecule has 0 spiro atoms. The molecule has 0 aromatic heterocycles. The lowest BCUT2D eigenvalue weighted by molar-refractivity contribution is 0.0903. The van der Waals surface area contributed by atoms with Crippen molar-refractivity contribution in [1.29, 1.82) is 0 Å². The summed E-state index contributed by atoms with van der Waals surface area (Å²) < 4.78 is 5.77. The third-order valence-corrected chi connectivity index (χ3v) is 4.67. The van der Waals surface area contributed by atoms with Gasteiger partial charge in [-0.3, -0.25) is 9.69 Å². The second-order valence-electron chi connectivity index (χ2n) is 7.17. The van der Waals surface area contributed by atoms with Crippen LogP contribution < -0.4 is 10.1 Å². The molecule has 138 valence electrons. The van der Waals surface area contributed by atoms with Gasteiger partial charge in [-0.05, 0) is 44.4 Å². The van der Waals surface area contributed by atoms with E-state index in [0.717, 1.165) is 32.5 Å². The molecule has 1 aliphatic rings. The van der Waals surface area contributed by atoms with Crippen LogP contribution in [0, 0.1) is 0 Å². The summed E-state index contributed by atoms with van der Waals surface area (Å²) >= 11 is 0. The first kappa shape index (κ1) is 18.5. The molecule has 1 amide bonds. The lowest BCUT2D eigenvalue weighted by atomic mass is 10.0. The summed E-state index contributed by atoms with van der Waals surface area (Å²) in [7, 11) is 0. The molecule has 1 fully saturated rings. The van der Waals surface area contributed by atoms with E-state index < -0.39 is 0 Å². The molecule has 0 atom stereocenters. The fraction of sp³-hybridized carbons (Fsp3) is 0.409. The van der Waals surface area contributed by atoms with E-state index in [4.69, 9.17) is 4.74 Å². The second kappa shape index (κ2) is 8.86. The van der Waals surface area contributed by atoms with Crippen LogP contribution >= 0.6 is 0 Å². The Kier molecular flexibility index (Phi) is 6.29. The first-order chi connectivity index (χ1) is 12.6. The number of carbonyl (C=O) groups excluding carboxylic acids is 1. The molecule has 0 bridgehead atoms. The van der Waals surface area contributed by atoms with Crippen LogP contribution in [-0.4, -0.2) is 36.0 Å². The number of rotatable bonds is 6. The van der Waals surface area contributed by atoms with Crippen LogP contribution in [0.25, 0.3) is 0 Å². The Morgan fingerprint density at radius 2 is 1.73 bits per heavy atom. The monoisotopic (exact) mass is 352 g/mol. The predicted molar refractivity (Wildman–Crippen MR) is 104 cm³/mol. The number of likely N-dealkylation sites (tertiary alicyclic amines) is 1. The van der Waals surface area contributed by atoms with Crippen molar-refractivity contribution < 1.29 is 9.53 Å². The molecule has 0 saturated carbocycles. The van der Waals surface area contributed by atoms with E-state index in [1.165, 1.54) is 5.56 Å². The standard InChI is InChI=1S/C22H28N2O2/c1-17(2)26-21-11-7-6-10-20(21)22(25)23-19-12-14-24(15-13-19)16-18-8-4-3-5-9-18/h3-11,17,19H,12-16H2,1-2H3,(H,23,25). The topological polar surface area (TPSA) is 41.6 Å². The SMILES string of the molecule is CC(C)Oc1ccccc1C(=O)NC1CCN(Cc2ccccc2)CC1. The molecule has 4 nitrogen and oxygen atoms in total. The third-order valence-electron chi connectivity index (χ3n) is 4.67. The number of benzene rings is 2. The summed E-state index contributed by atoms with van der Waals surface area (Å²) in [6, 6.07) is 18.2. The van der Waals surface area contributed by atoms with Gasteiger partial charge < -0.3 is 10.1 Å². The van der Waals surface area contributed by atoms with E-state index in [9.17, 15) is 4.79 Å². The molecule has 2 aromatic rings. The highest BCUT2D eigenvalue weighted by Gasteiger charge is 2.22. The number of nitrogens with one attached hydrogen (secondary N) is 1. The highest BCUT2D eigenvalue weighted by atomic mass is 16.5. The largest absolute Gasteiger partial charge is 0.490 e. The van der Waals surface area contributed by atoms with E-state index in [1.54, 1.807) is 0 Å². The van der Waals surface area contributed by atoms with Gasteiger partial charge in [0.25, 0.3) is 5.91 Å². The van der Waals surface area contributed by atoms with Crippen LogP contribution in [0.2, 0.25) is 0 Å². The van der Waals surface area contributed by atoms with Crippen molar-refractivity contribution >= 4 is 5.91 Å². The predicted octanol–water partition coefficient (Wildman–Crippen LogP) is 3.87. The van der Waals surface area contributed by atoms with Crippen LogP contribution in [-0.2, 0) is 6.54 Å². The normalized spacial score (nSPS) is 15.8. The Labute approximate surface area is 156 Å². The maximum absolute atomic E-state index is 12.7. The van der Waals surface area contributed by atoms with Crippen molar-refractivity contribution in [2.75, 3.05) is 13.1 Å². The lowest BCUT2D eigenvalue weighted by Crippen LogP contribution is -2.44. The Hall–Kier alpha value is -2.33. The van der Waals surface area contributed by atoms with E-state index >= 15 is 0 Å². The number of hydrogen-bond acceptors (Lipinski definition) is 3. The van der Waals surface area contributed by atoms with Crippen molar-refractivity contribution in [3.8, 4) is 5.75 Å². The molecule has 2 aromatic carbocycles. The van der Waals surface area contributed by atoms with Crippen LogP contribution in [0.15, 0.2) is 54.6 Å². The fourth-order valence-electron chi connectivity index (χ4n) is 3.35. The molecule has 1 aliphatic heterocycles. The van der Waals surface area contributed by atoms with Gasteiger partial charge in [-0.1, -0.05) is 42.5 Å². The van der Waals surface area contributed by atoms with Crippen LogP contribution in [0.1, 0.15) is 42.6 Å². The first-order valence-corrected chi connectivity index (χ1v) is 9.44. The molecule has 0 radical (unpaired) electrons. The Morgan fingerprint density at radius 1 is 1.08 bits per heavy atom. The number of ether oxygens (including phenoxy) is 1. The molecule has 0 aliphatic carbocycles. The Balaban J connectivity index is 1.52. The molecule has 26 heavy (non-hydrogen) atoms.